The molecule has 2 fully saturated rings. The van der Waals surface area contributed by atoms with Crippen molar-refractivity contribution in [3.63, 3.8) is 0 Å². The summed E-state index contributed by atoms with van der Waals surface area (Å²) in [5.74, 6) is 0.807. The first-order valence-corrected chi connectivity index (χ1v) is 8.44. The zero-order valence-corrected chi connectivity index (χ0v) is 12.4. The summed E-state index contributed by atoms with van der Waals surface area (Å²) < 4.78 is 0. The van der Waals surface area contributed by atoms with E-state index in [1.807, 2.05) is 0 Å². The fourth-order valence-electron chi connectivity index (χ4n) is 4.45. The minimum Gasteiger partial charge on any atom is -0.301 e. The summed E-state index contributed by atoms with van der Waals surface area (Å²) in [6, 6.07) is 9.88. The molecule has 0 amide bonds. The molecule has 0 N–H and O–H groups in total. The number of fused-ring (bicyclic) bond motifs is 2. The van der Waals surface area contributed by atoms with E-state index in [4.69, 9.17) is 0 Å². The Morgan fingerprint density at radius 3 is 2.85 bits per heavy atom. The lowest BCUT2D eigenvalue weighted by molar-refractivity contribution is 0.133. The van der Waals surface area contributed by atoms with Gasteiger partial charge in [-0.2, -0.15) is 0 Å². The van der Waals surface area contributed by atoms with Crippen LogP contribution in [0.25, 0.3) is 0 Å². The van der Waals surface area contributed by atoms with Gasteiger partial charge in [0.2, 0.25) is 0 Å². The van der Waals surface area contributed by atoms with E-state index in [9.17, 15) is 0 Å². The fourth-order valence-corrected chi connectivity index (χ4v) is 4.45. The third-order valence-electron chi connectivity index (χ3n) is 5.58. The Morgan fingerprint density at radius 2 is 1.90 bits per heavy atom. The Balaban J connectivity index is 1.40. The normalized spacial score (nSPS) is 31.0. The number of hydrogen-bond donors (Lipinski definition) is 0. The fraction of sp³-hybridized carbons (Fsp3) is 0.667. The van der Waals surface area contributed by atoms with E-state index < -0.39 is 0 Å². The van der Waals surface area contributed by atoms with Crippen molar-refractivity contribution in [1.29, 1.82) is 0 Å². The molecule has 20 heavy (non-hydrogen) atoms. The molecule has 1 aliphatic carbocycles. The average Bonchev–Trinajstić information content (AvgIpc) is 2.66. The lowest BCUT2D eigenvalue weighted by atomic mass is 9.77. The number of benzene rings is 1. The van der Waals surface area contributed by atoms with Crippen LogP contribution in [0, 0.1) is 0 Å². The van der Waals surface area contributed by atoms with Gasteiger partial charge >= 0.3 is 0 Å². The molecule has 108 valence electrons. The molecule has 2 aliphatic heterocycles. The molecule has 0 aromatic heterocycles. The Hall–Kier alpha value is -0.860. The number of nitrogens with zero attached hydrogens (tertiary/aromatic N) is 2. The lowest BCUT2D eigenvalue weighted by Gasteiger charge is -2.38. The van der Waals surface area contributed by atoms with Gasteiger partial charge in [-0.25, -0.2) is 0 Å². The van der Waals surface area contributed by atoms with E-state index in [0.717, 1.165) is 12.0 Å². The molecule has 0 bridgehead atoms. The molecule has 2 unspecified atom stereocenters. The highest BCUT2D eigenvalue weighted by Gasteiger charge is 2.31. The monoisotopic (exact) mass is 270 g/mol. The van der Waals surface area contributed by atoms with Gasteiger partial charge in [-0.05, 0) is 56.4 Å². The highest BCUT2D eigenvalue weighted by Crippen LogP contribution is 2.35. The van der Waals surface area contributed by atoms with Crippen molar-refractivity contribution in [2.24, 2.45) is 0 Å². The molecule has 2 atom stereocenters. The van der Waals surface area contributed by atoms with Crippen LogP contribution in [-0.2, 0) is 6.42 Å². The molecule has 2 heterocycles. The van der Waals surface area contributed by atoms with Crippen molar-refractivity contribution in [2.45, 2.75) is 44.1 Å². The highest BCUT2D eigenvalue weighted by molar-refractivity contribution is 5.40. The standard InChI is InChI=1S/C18H26N2/c1-2-8-18-15(6-1)12-16(18)13-19-9-5-11-20-10-4-3-7-17(20)14-19/h1-2,6,8,16-17H,3-5,7,9-14H2. The van der Waals surface area contributed by atoms with Crippen LogP contribution in [0.15, 0.2) is 24.3 Å². The molecule has 4 rings (SSSR count). The van der Waals surface area contributed by atoms with E-state index in [-0.39, 0.29) is 0 Å². The van der Waals surface area contributed by atoms with Crippen molar-refractivity contribution in [3.8, 4) is 0 Å². The van der Waals surface area contributed by atoms with Crippen molar-refractivity contribution < 1.29 is 0 Å². The quantitative estimate of drug-likeness (QED) is 0.815. The lowest BCUT2D eigenvalue weighted by Crippen LogP contribution is -2.45. The van der Waals surface area contributed by atoms with Crippen LogP contribution in [0.5, 0.6) is 0 Å². The largest absolute Gasteiger partial charge is 0.301 e. The summed E-state index contributed by atoms with van der Waals surface area (Å²) in [4.78, 5) is 5.52. The summed E-state index contributed by atoms with van der Waals surface area (Å²) in [5, 5.41) is 0. The molecule has 2 saturated heterocycles. The summed E-state index contributed by atoms with van der Waals surface area (Å²) in [6.45, 7) is 6.61. The molecule has 3 aliphatic rings. The predicted octanol–water partition coefficient (Wildman–Crippen LogP) is 2.89. The molecular formula is C18H26N2. The highest BCUT2D eigenvalue weighted by atomic mass is 15.2. The maximum atomic E-state index is 2.76. The first-order chi connectivity index (χ1) is 9.90. The van der Waals surface area contributed by atoms with E-state index in [2.05, 4.69) is 34.1 Å². The molecule has 0 saturated carbocycles. The van der Waals surface area contributed by atoms with Gasteiger partial charge in [0.1, 0.15) is 0 Å². The molecule has 2 heteroatoms. The second kappa shape index (κ2) is 5.50. The van der Waals surface area contributed by atoms with E-state index in [1.165, 1.54) is 64.8 Å². The third kappa shape index (κ3) is 2.40. The van der Waals surface area contributed by atoms with Gasteiger partial charge in [0.15, 0.2) is 0 Å². The summed E-state index contributed by atoms with van der Waals surface area (Å²) in [7, 11) is 0. The number of hydrogen-bond acceptors (Lipinski definition) is 2. The Labute approximate surface area is 122 Å². The second-order valence-electron chi connectivity index (χ2n) is 6.90. The maximum absolute atomic E-state index is 2.76. The topological polar surface area (TPSA) is 6.48 Å². The number of rotatable bonds is 2. The first kappa shape index (κ1) is 12.8. The Morgan fingerprint density at radius 1 is 1.00 bits per heavy atom. The molecular weight excluding hydrogens is 244 g/mol. The van der Waals surface area contributed by atoms with Gasteiger partial charge < -0.3 is 4.90 Å². The SMILES string of the molecule is c1ccc2c(c1)CC2CN1CCCN2CCCCC2C1. The second-order valence-corrected chi connectivity index (χ2v) is 6.90. The molecule has 0 spiro atoms. The Bertz CT molecular complexity index is 470. The van der Waals surface area contributed by atoms with E-state index >= 15 is 0 Å². The van der Waals surface area contributed by atoms with Crippen LogP contribution in [-0.4, -0.2) is 48.6 Å². The van der Waals surface area contributed by atoms with Crippen LogP contribution >= 0.6 is 0 Å². The Kier molecular flexibility index (Phi) is 3.53. The molecule has 1 aromatic rings. The van der Waals surface area contributed by atoms with Gasteiger partial charge in [0.05, 0.1) is 0 Å². The van der Waals surface area contributed by atoms with Gasteiger partial charge in [-0.15, -0.1) is 0 Å². The van der Waals surface area contributed by atoms with Crippen LogP contribution in [0.2, 0.25) is 0 Å². The maximum Gasteiger partial charge on any atom is 0.0223 e. The summed E-state index contributed by atoms with van der Waals surface area (Å²) in [6.07, 6.45) is 6.97. The van der Waals surface area contributed by atoms with Crippen LogP contribution < -0.4 is 0 Å². The van der Waals surface area contributed by atoms with Gasteiger partial charge in [-0.1, -0.05) is 30.7 Å². The predicted molar refractivity (Wildman–Crippen MR) is 83.2 cm³/mol. The molecule has 0 radical (unpaired) electrons. The van der Waals surface area contributed by atoms with Crippen LogP contribution in [0.1, 0.15) is 42.7 Å². The van der Waals surface area contributed by atoms with Crippen LogP contribution in [0.4, 0.5) is 0 Å². The van der Waals surface area contributed by atoms with Crippen molar-refractivity contribution in [3.05, 3.63) is 35.4 Å². The zero-order valence-electron chi connectivity index (χ0n) is 12.4. The minimum absolute atomic E-state index is 0.807. The van der Waals surface area contributed by atoms with Crippen molar-refractivity contribution in [1.82, 2.24) is 9.80 Å². The summed E-state index contributed by atoms with van der Waals surface area (Å²) >= 11 is 0. The van der Waals surface area contributed by atoms with Gasteiger partial charge in [-0.3, -0.25) is 4.90 Å². The van der Waals surface area contributed by atoms with Crippen molar-refractivity contribution >= 4 is 0 Å². The molecule has 1 aromatic carbocycles. The van der Waals surface area contributed by atoms with E-state index in [1.54, 1.807) is 11.1 Å². The van der Waals surface area contributed by atoms with Gasteiger partial charge in [0.25, 0.3) is 0 Å². The van der Waals surface area contributed by atoms with Crippen molar-refractivity contribution in [2.75, 3.05) is 32.7 Å². The van der Waals surface area contributed by atoms with E-state index in [0.29, 0.717) is 0 Å². The van der Waals surface area contributed by atoms with Crippen LogP contribution in [0.3, 0.4) is 0 Å². The smallest absolute Gasteiger partial charge is 0.0223 e. The summed E-state index contributed by atoms with van der Waals surface area (Å²) in [5.41, 5.74) is 3.21. The average molecular weight is 270 g/mol. The first-order valence-electron chi connectivity index (χ1n) is 8.44. The molecule has 2 nitrogen and oxygen atoms in total. The zero-order chi connectivity index (χ0) is 13.4. The minimum atomic E-state index is 0.807. The third-order valence-corrected chi connectivity index (χ3v) is 5.58. The number of piperidine rings is 1. The van der Waals surface area contributed by atoms with Gasteiger partial charge in [0, 0.05) is 25.0 Å².